The Balaban J connectivity index is 1.63. The first-order valence-electron chi connectivity index (χ1n) is 9.00. The number of carbonyl (C=O) groups is 2. The number of amides is 1. The lowest BCUT2D eigenvalue weighted by Crippen LogP contribution is -2.21. The Morgan fingerprint density at radius 1 is 0.897 bits per heavy atom. The highest BCUT2D eigenvalue weighted by Crippen LogP contribution is 2.29. The summed E-state index contributed by atoms with van der Waals surface area (Å²) in [4.78, 5) is 24.6. The molecule has 0 saturated carbocycles. The number of nitrogens with one attached hydrogen (secondary N) is 1. The Labute approximate surface area is 169 Å². The van der Waals surface area contributed by atoms with E-state index in [2.05, 4.69) is 5.32 Å². The van der Waals surface area contributed by atoms with Crippen molar-refractivity contribution < 1.29 is 23.8 Å². The number of para-hydroxylation sites is 3. The zero-order valence-electron chi connectivity index (χ0n) is 16.2. The van der Waals surface area contributed by atoms with Gasteiger partial charge in [-0.05, 0) is 43.3 Å². The molecule has 0 aliphatic heterocycles. The summed E-state index contributed by atoms with van der Waals surface area (Å²) < 4.78 is 16.1. The van der Waals surface area contributed by atoms with Crippen molar-refractivity contribution in [3.8, 4) is 17.2 Å². The zero-order valence-corrected chi connectivity index (χ0v) is 16.2. The van der Waals surface area contributed by atoms with Gasteiger partial charge in [-0.25, -0.2) is 4.79 Å². The van der Waals surface area contributed by atoms with Gasteiger partial charge in [-0.1, -0.05) is 42.0 Å². The third-order valence-corrected chi connectivity index (χ3v) is 4.04. The van der Waals surface area contributed by atoms with Crippen LogP contribution in [0, 0.1) is 6.92 Å². The molecule has 1 amide bonds. The standard InChI is InChI=1S/C23H21NO5/c1-16-12-13-20(27-2)18(14-16)23(26)28-15-22(25)24-19-10-6-7-11-21(19)29-17-8-4-3-5-9-17/h3-14H,15H2,1-2H3,(H,24,25). The Hall–Kier alpha value is -3.80. The fourth-order valence-electron chi connectivity index (χ4n) is 2.65. The van der Waals surface area contributed by atoms with Crippen LogP contribution < -0.4 is 14.8 Å². The van der Waals surface area contributed by atoms with Crippen LogP contribution in [0.3, 0.4) is 0 Å². The average Bonchev–Trinajstić information content (AvgIpc) is 2.74. The fourth-order valence-corrected chi connectivity index (χ4v) is 2.65. The van der Waals surface area contributed by atoms with Crippen LogP contribution in [0.4, 0.5) is 5.69 Å². The summed E-state index contributed by atoms with van der Waals surface area (Å²) in [5.41, 5.74) is 1.63. The highest BCUT2D eigenvalue weighted by atomic mass is 16.5. The number of ether oxygens (including phenoxy) is 3. The molecule has 29 heavy (non-hydrogen) atoms. The van der Waals surface area contributed by atoms with E-state index in [0.717, 1.165) is 5.56 Å². The van der Waals surface area contributed by atoms with E-state index in [1.54, 1.807) is 36.4 Å². The van der Waals surface area contributed by atoms with Crippen molar-refractivity contribution in [2.24, 2.45) is 0 Å². The van der Waals surface area contributed by atoms with E-state index >= 15 is 0 Å². The number of aryl methyl sites for hydroxylation is 1. The van der Waals surface area contributed by atoms with Crippen LogP contribution in [0.2, 0.25) is 0 Å². The minimum Gasteiger partial charge on any atom is -0.496 e. The summed E-state index contributed by atoms with van der Waals surface area (Å²) in [6.45, 7) is 1.42. The molecule has 6 heteroatoms. The summed E-state index contributed by atoms with van der Waals surface area (Å²) in [7, 11) is 1.47. The summed E-state index contributed by atoms with van der Waals surface area (Å²) in [5, 5.41) is 2.71. The van der Waals surface area contributed by atoms with Gasteiger partial charge >= 0.3 is 5.97 Å². The minimum absolute atomic E-state index is 0.271. The second-order valence-corrected chi connectivity index (χ2v) is 6.24. The van der Waals surface area contributed by atoms with Gasteiger partial charge in [0.25, 0.3) is 5.91 Å². The molecular formula is C23H21NO5. The van der Waals surface area contributed by atoms with Crippen molar-refractivity contribution in [1.29, 1.82) is 0 Å². The SMILES string of the molecule is COc1ccc(C)cc1C(=O)OCC(=O)Nc1ccccc1Oc1ccccc1. The number of rotatable bonds is 7. The van der Waals surface area contributed by atoms with Crippen LogP contribution in [-0.4, -0.2) is 25.6 Å². The van der Waals surface area contributed by atoms with Crippen LogP contribution in [-0.2, 0) is 9.53 Å². The quantitative estimate of drug-likeness (QED) is 0.596. The molecule has 0 bridgehead atoms. The topological polar surface area (TPSA) is 73.9 Å². The van der Waals surface area contributed by atoms with Gasteiger partial charge in [-0.2, -0.15) is 0 Å². The summed E-state index contributed by atoms with van der Waals surface area (Å²) >= 11 is 0. The van der Waals surface area contributed by atoms with Crippen molar-refractivity contribution in [1.82, 2.24) is 0 Å². The van der Waals surface area contributed by atoms with Gasteiger partial charge in [-0.15, -0.1) is 0 Å². The molecule has 148 valence electrons. The molecule has 0 aliphatic rings. The molecule has 3 rings (SSSR count). The Bertz CT molecular complexity index is 1000. The van der Waals surface area contributed by atoms with Crippen molar-refractivity contribution in [3.63, 3.8) is 0 Å². The minimum atomic E-state index is -0.630. The molecular weight excluding hydrogens is 370 g/mol. The van der Waals surface area contributed by atoms with E-state index in [1.165, 1.54) is 7.11 Å². The number of benzene rings is 3. The Morgan fingerprint density at radius 2 is 1.62 bits per heavy atom. The van der Waals surface area contributed by atoms with Gasteiger partial charge in [-0.3, -0.25) is 4.79 Å². The Kier molecular flexibility index (Phi) is 6.47. The van der Waals surface area contributed by atoms with Crippen LogP contribution in [0.5, 0.6) is 17.2 Å². The predicted molar refractivity (Wildman–Crippen MR) is 110 cm³/mol. The maximum absolute atomic E-state index is 12.3. The number of hydrogen-bond acceptors (Lipinski definition) is 5. The molecule has 6 nitrogen and oxygen atoms in total. The van der Waals surface area contributed by atoms with Gasteiger partial charge in [0.2, 0.25) is 0 Å². The molecule has 0 spiro atoms. The normalized spacial score (nSPS) is 10.1. The highest BCUT2D eigenvalue weighted by Gasteiger charge is 2.16. The number of esters is 1. The van der Waals surface area contributed by atoms with E-state index < -0.39 is 18.5 Å². The van der Waals surface area contributed by atoms with Crippen molar-refractivity contribution in [2.75, 3.05) is 19.0 Å². The molecule has 0 radical (unpaired) electrons. The summed E-state index contributed by atoms with van der Waals surface area (Å²) in [6, 6.07) is 21.4. The Morgan fingerprint density at radius 3 is 2.38 bits per heavy atom. The number of hydrogen-bond donors (Lipinski definition) is 1. The maximum atomic E-state index is 12.3. The second kappa shape index (κ2) is 9.41. The van der Waals surface area contributed by atoms with Gasteiger partial charge in [0.05, 0.1) is 12.8 Å². The van der Waals surface area contributed by atoms with Crippen molar-refractivity contribution in [2.45, 2.75) is 6.92 Å². The summed E-state index contributed by atoms with van der Waals surface area (Å²) in [6.07, 6.45) is 0. The van der Waals surface area contributed by atoms with Gasteiger partial charge in [0.15, 0.2) is 12.4 Å². The molecule has 0 saturated heterocycles. The van der Waals surface area contributed by atoms with Crippen molar-refractivity contribution in [3.05, 3.63) is 83.9 Å². The molecule has 3 aromatic rings. The van der Waals surface area contributed by atoms with E-state index in [0.29, 0.717) is 22.9 Å². The summed E-state index contributed by atoms with van der Waals surface area (Å²) in [5.74, 6) is 0.414. The third-order valence-electron chi connectivity index (χ3n) is 4.04. The van der Waals surface area contributed by atoms with Gasteiger partial charge < -0.3 is 19.5 Å². The van der Waals surface area contributed by atoms with Gasteiger partial charge in [0, 0.05) is 0 Å². The first-order chi connectivity index (χ1) is 14.1. The number of methoxy groups -OCH3 is 1. The lowest BCUT2D eigenvalue weighted by atomic mass is 10.1. The van der Waals surface area contributed by atoms with Crippen LogP contribution >= 0.6 is 0 Å². The van der Waals surface area contributed by atoms with Gasteiger partial charge in [0.1, 0.15) is 17.1 Å². The van der Waals surface area contributed by atoms with E-state index in [-0.39, 0.29) is 5.56 Å². The van der Waals surface area contributed by atoms with E-state index in [1.807, 2.05) is 43.3 Å². The molecule has 0 aliphatic carbocycles. The first kappa shape index (κ1) is 19.9. The molecule has 0 heterocycles. The van der Waals surface area contributed by atoms with Crippen LogP contribution in [0.25, 0.3) is 0 Å². The smallest absolute Gasteiger partial charge is 0.342 e. The number of anilines is 1. The molecule has 3 aromatic carbocycles. The van der Waals surface area contributed by atoms with Crippen LogP contribution in [0.1, 0.15) is 15.9 Å². The average molecular weight is 391 g/mol. The van der Waals surface area contributed by atoms with E-state index in [9.17, 15) is 9.59 Å². The molecule has 1 N–H and O–H groups in total. The predicted octanol–water partition coefficient (Wildman–Crippen LogP) is 4.59. The number of carbonyl (C=O) groups excluding carboxylic acids is 2. The molecule has 0 fully saturated rings. The fraction of sp³-hybridized carbons (Fsp3) is 0.130. The second-order valence-electron chi connectivity index (χ2n) is 6.24. The largest absolute Gasteiger partial charge is 0.496 e. The zero-order chi connectivity index (χ0) is 20.6. The monoisotopic (exact) mass is 391 g/mol. The molecule has 0 aromatic heterocycles. The lowest BCUT2D eigenvalue weighted by molar-refractivity contribution is -0.119. The third kappa shape index (κ3) is 5.35. The maximum Gasteiger partial charge on any atom is 0.342 e. The van der Waals surface area contributed by atoms with Crippen molar-refractivity contribution >= 4 is 17.6 Å². The lowest BCUT2D eigenvalue weighted by Gasteiger charge is -2.13. The highest BCUT2D eigenvalue weighted by molar-refractivity contribution is 5.97. The molecule has 0 atom stereocenters. The molecule has 0 unspecified atom stereocenters. The van der Waals surface area contributed by atoms with E-state index in [4.69, 9.17) is 14.2 Å². The van der Waals surface area contributed by atoms with Crippen LogP contribution in [0.15, 0.2) is 72.8 Å². The first-order valence-corrected chi connectivity index (χ1v) is 9.00.